The van der Waals surface area contributed by atoms with Crippen LogP contribution in [0, 0.1) is 6.92 Å². The summed E-state index contributed by atoms with van der Waals surface area (Å²) in [7, 11) is -2.84. The first-order valence-corrected chi connectivity index (χ1v) is 5.09. The maximum atomic E-state index is 10.8. The Labute approximate surface area is 89.8 Å². The third-order valence-electron chi connectivity index (χ3n) is 1.80. The lowest BCUT2D eigenvalue weighted by atomic mass is 10.2. The average molecular weight is 238 g/mol. The Morgan fingerprint density at radius 3 is 2.21 bits per heavy atom. The topological polar surface area (TPSA) is 57.6 Å². The van der Waals surface area contributed by atoms with Gasteiger partial charge in [-0.3, -0.25) is 8.86 Å². The van der Waals surface area contributed by atoms with Crippen LogP contribution in [0.15, 0.2) is 24.3 Å². The molecule has 0 fully saturated rings. The van der Waals surface area contributed by atoms with E-state index in [4.69, 9.17) is 4.55 Å². The summed E-state index contributed by atoms with van der Waals surface area (Å²) in [5.41, 5.74) is 1.27. The van der Waals surface area contributed by atoms with Gasteiger partial charge in [-0.15, -0.1) is 12.4 Å². The van der Waals surface area contributed by atoms with Gasteiger partial charge in [0.2, 0.25) is 0 Å². The van der Waals surface area contributed by atoms with Gasteiger partial charge in [0.05, 0.1) is 5.69 Å². The van der Waals surface area contributed by atoms with Crippen LogP contribution < -0.4 is 4.31 Å². The van der Waals surface area contributed by atoms with Crippen molar-refractivity contribution < 1.29 is 13.0 Å². The number of halogens is 1. The highest BCUT2D eigenvalue weighted by Gasteiger charge is 2.14. The van der Waals surface area contributed by atoms with Gasteiger partial charge in [-0.1, -0.05) is 18.2 Å². The van der Waals surface area contributed by atoms with E-state index in [9.17, 15) is 8.42 Å². The predicted octanol–water partition coefficient (Wildman–Crippen LogP) is 1.66. The van der Waals surface area contributed by atoms with Gasteiger partial charge in [0.25, 0.3) is 0 Å². The number of hydrogen-bond acceptors (Lipinski definition) is 2. The van der Waals surface area contributed by atoms with Crippen LogP contribution in [0.3, 0.4) is 0 Å². The van der Waals surface area contributed by atoms with E-state index in [0.29, 0.717) is 5.69 Å². The first-order chi connectivity index (χ1) is 5.93. The lowest BCUT2D eigenvalue weighted by Crippen LogP contribution is -2.25. The zero-order chi connectivity index (χ0) is 10.1. The summed E-state index contributed by atoms with van der Waals surface area (Å²) in [5, 5.41) is 0. The molecule has 1 rings (SSSR count). The quantitative estimate of drug-likeness (QED) is 0.796. The summed E-state index contributed by atoms with van der Waals surface area (Å²) in [6.07, 6.45) is 0. The minimum atomic E-state index is -4.15. The molecule has 80 valence electrons. The molecule has 0 saturated carbocycles. The Bertz CT molecular complexity index is 405. The van der Waals surface area contributed by atoms with Crippen molar-refractivity contribution in [1.29, 1.82) is 0 Å². The molecule has 0 aliphatic carbocycles. The molecule has 14 heavy (non-hydrogen) atoms. The molecule has 0 aliphatic rings. The summed E-state index contributed by atoms with van der Waals surface area (Å²) < 4.78 is 31.1. The standard InChI is InChI=1S/C8H11NO3S.ClH/c1-7-5-3-4-6-8(7)9(2)13(10,11)12;/h3-6H,1-2H3,(H,10,11,12);1H. The molecule has 0 saturated heterocycles. The van der Waals surface area contributed by atoms with Gasteiger partial charge >= 0.3 is 10.3 Å². The van der Waals surface area contributed by atoms with Crippen molar-refractivity contribution in [1.82, 2.24) is 0 Å². The highest BCUT2D eigenvalue weighted by atomic mass is 35.5. The molecule has 4 nitrogen and oxygen atoms in total. The number of para-hydroxylation sites is 1. The van der Waals surface area contributed by atoms with Crippen molar-refractivity contribution in [2.45, 2.75) is 6.92 Å². The van der Waals surface area contributed by atoms with E-state index in [1.54, 1.807) is 31.2 Å². The second kappa shape index (κ2) is 4.63. The number of aryl methyl sites for hydroxylation is 1. The summed E-state index contributed by atoms with van der Waals surface area (Å²) in [4.78, 5) is 0. The second-order valence-corrected chi connectivity index (χ2v) is 4.18. The Morgan fingerprint density at radius 2 is 1.79 bits per heavy atom. The highest BCUT2D eigenvalue weighted by molar-refractivity contribution is 7.87. The van der Waals surface area contributed by atoms with Crippen molar-refractivity contribution in [3.8, 4) is 0 Å². The lowest BCUT2D eigenvalue weighted by Gasteiger charge is -2.16. The van der Waals surface area contributed by atoms with Gasteiger partial charge < -0.3 is 0 Å². The van der Waals surface area contributed by atoms with Gasteiger partial charge in [-0.05, 0) is 18.6 Å². The van der Waals surface area contributed by atoms with Crippen LogP contribution in [0.1, 0.15) is 5.56 Å². The Kier molecular flexibility index (Phi) is 4.38. The molecule has 0 heterocycles. The summed E-state index contributed by atoms with van der Waals surface area (Å²) in [6.45, 7) is 1.77. The number of benzene rings is 1. The fraction of sp³-hybridized carbons (Fsp3) is 0.250. The summed E-state index contributed by atoms with van der Waals surface area (Å²) >= 11 is 0. The Hall–Kier alpha value is -0.780. The second-order valence-electron chi connectivity index (χ2n) is 2.73. The Balaban J connectivity index is 0.00000169. The minimum Gasteiger partial charge on any atom is -0.269 e. The van der Waals surface area contributed by atoms with Crippen molar-refractivity contribution >= 4 is 28.4 Å². The predicted molar refractivity (Wildman–Crippen MR) is 58.4 cm³/mol. The monoisotopic (exact) mass is 237 g/mol. The van der Waals surface area contributed by atoms with Gasteiger partial charge in [0.15, 0.2) is 0 Å². The third kappa shape index (κ3) is 2.87. The third-order valence-corrected chi connectivity index (χ3v) is 2.69. The molecular formula is C8H12ClNO3S. The molecular weight excluding hydrogens is 226 g/mol. The molecule has 0 bridgehead atoms. The largest absolute Gasteiger partial charge is 0.359 e. The van der Waals surface area contributed by atoms with Gasteiger partial charge in [-0.2, -0.15) is 8.42 Å². The number of hydrogen-bond donors (Lipinski definition) is 1. The molecule has 1 aromatic rings. The number of anilines is 1. The van der Waals surface area contributed by atoms with E-state index >= 15 is 0 Å². The number of nitrogens with zero attached hydrogens (tertiary/aromatic N) is 1. The van der Waals surface area contributed by atoms with Crippen LogP contribution in [-0.4, -0.2) is 20.0 Å². The molecule has 0 radical (unpaired) electrons. The minimum absolute atomic E-state index is 0. The van der Waals surface area contributed by atoms with Crippen LogP contribution in [0.5, 0.6) is 0 Å². The molecule has 0 aliphatic heterocycles. The van der Waals surface area contributed by atoms with Crippen molar-refractivity contribution in [2.24, 2.45) is 0 Å². The molecule has 0 amide bonds. The van der Waals surface area contributed by atoms with Crippen LogP contribution >= 0.6 is 12.4 Å². The van der Waals surface area contributed by atoms with E-state index in [1.165, 1.54) is 7.05 Å². The van der Waals surface area contributed by atoms with Gasteiger partial charge in [-0.25, -0.2) is 0 Å². The van der Waals surface area contributed by atoms with Crippen molar-refractivity contribution in [3.05, 3.63) is 29.8 Å². The van der Waals surface area contributed by atoms with Crippen LogP contribution in [0.2, 0.25) is 0 Å². The van der Waals surface area contributed by atoms with E-state index in [1.807, 2.05) is 0 Å². The summed E-state index contributed by atoms with van der Waals surface area (Å²) in [6, 6.07) is 6.92. The van der Waals surface area contributed by atoms with Crippen LogP contribution in [-0.2, 0) is 10.3 Å². The zero-order valence-electron chi connectivity index (χ0n) is 7.84. The Morgan fingerprint density at radius 1 is 1.29 bits per heavy atom. The molecule has 0 unspecified atom stereocenters. The van der Waals surface area contributed by atoms with Crippen molar-refractivity contribution in [3.63, 3.8) is 0 Å². The number of rotatable bonds is 2. The first kappa shape index (κ1) is 13.2. The highest BCUT2D eigenvalue weighted by Crippen LogP contribution is 2.19. The van der Waals surface area contributed by atoms with E-state index in [-0.39, 0.29) is 12.4 Å². The lowest BCUT2D eigenvalue weighted by molar-refractivity contribution is 0.481. The van der Waals surface area contributed by atoms with E-state index < -0.39 is 10.3 Å². The SMILES string of the molecule is Cc1ccccc1N(C)S(=O)(=O)O.Cl. The van der Waals surface area contributed by atoms with E-state index in [0.717, 1.165) is 9.87 Å². The summed E-state index contributed by atoms with van der Waals surface area (Å²) in [5.74, 6) is 0. The zero-order valence-corrected chi connectivity index (χ0v) is 9.47. The van der Waals surface area contributed by atoms with Crippen LogP contribution in [0.4, 0.5) is 5.69 Å². The van der Waals surface area contributed by atoms with E-state index in [2.05, 4.69) is 0 Å². The first-order valence-electron chi connectivity index (χ1n) is 3.70. The normalized spacial score (nSPS) is 10.5. The van der Waals surface area contributed by atoms with Gasteiger partial charge in [0.1, 0.15) is 0 Å². The average Bonchev–Trinajstić information content (AvgIpc) is 2.02. The maximum Gasteiger partial charge on any atom is 0.359 e. The molecule has 1 aromatic carbocycles. The smallest absolute Gasteiger partial charge is 0.269 e. The van der Waals surface area contributed by atoms with Crippen LogP contribution in [0.25, 0.3) is 0 Å². The molecule has 6 heteroatoms. The maximum absolute atomic E-state index is 10.8. The fourth-order valence-corrected chi connectivity index (χ4v) is 1.49. The van der Waals surface area contributed by atoms with Crippen molar-refractivity contribution in [2.75, 3.05) is 11.4 Å². The molecule has 1 N–H and O–H groups in total. The molecule has 0 spiro atoms. The fourth-order valence-electron chi connectivity index (χ4n) is 1.04. The molecule has 0 aromatic heterocycles. The molecule has 0 atom stereocenters. The van der Waals surface area contributed by atoms with Gasteiger partial charge in [0, 0.05) is 7.05 Å².